The lowest BCUT2D eigenvalue weighted by atomic mass is 10.3. The molecular weight excluding hydrogens is 256 g/mol. The van der Waals surface area contributed by atoms with E-state index in [1.54, 1.807) is 17.5 Å². The first-order valence-electron chi connectivity index (χ1n) is 5.13. The first kappa shape index (κ1) is 12.3. The summed E-state index contributed by atoms with van der Waals surface area (Å²) in [5.41, 5.74) is 9.29. The van der Waals surface area contributed by atoms with Gasteiger partial charge in [0.25, 0.3) is 0 Å². The lowest BCUT2D eigenvalue weighted by Gasteiger charge is -2.18. The Morgan fingerprint density at radius 2 is 2.29 bits per heavy atom. The number of pyridine rings is 1. The maximum Gasteiger partial charge on any atom is 0.147 e. The molecule has 90 valence electrons. The van der Waals surface area contributed by atoms with Crippen LogP contribution in [0.3, 0.4) is 0 Å². The second-order valence-corrected chi connectivity index (χ2v) is 4.81. The van der Waals surface area contributed by atoms with Crippen molar-refractivity contribution in [2.75, 3.05) is 11.9 Å². The Kier molecular flexibility index (Phi) is 3.93. The van der Waals surface area contributed by atoms with Crippen LogP contribution in [0, 0.1) is 0 Å². The van der Waals surface area contributed by atoms with Crippen LogP contribution < -0.4 is 10.6 Å². The molecule has 0 spiro atoms. The molecule has 0 amide bonds. The van der Waals surface area contributed by atoms with E-state index in [2.05, 4.69) is 9.97 Å². The van der Waals surface area contributed by atoms with Gasteiger partial charge in [-0.3, -0.25) is 0 Å². The summed E-state index contributed by atoms with van der Waals surface area (Å²) in [4.78, 5) is 10.5. The van der Waals surface area contributed by atoms with E-state index < -0.39 is 0 Å². The number of hydrogen-bond donors (Lipinski definition) is 1. The summed E-state index contributed by atoms with van der Waals surface area (Å²) in [5.74, 6) is 0.747. The van der Waals surface area contributed by atoms with Crippen molar-refractivity contribution in [2.45, 2.75) is 13.1 Å². The Bertz CT molecular complexity index is 486. The summed E-state index contributed by atoms with van der Waals surface area (Å²) in [6, 6.07) is 1.85. The minimum Gasteiger partial charge on any atom is -0.353 e. The molecule has 0 aromatic carbocycles. The number of nitrogens with zero attached hydrogens (tertiary/aromatic N) is 3. The van der Waals surface area contributed by atoms with E-state index in [4.69, 9.17) is 17.3 Å². The fraction of sp³-hybridized carbons (Fsp3) is 0.273. The van der Waals surface area contributed by atoms with Crippen molar-refractivity contribution in [1.82, 2.24) is 9.97 Å². The van der Waals surface area contributed by atoms with Crippen LogP contribution in [0.15, 0.2) is 23.2 Å². The molecular formula is C11H13ClN4S. The lowest BCUT2D eigenvalue weighted by molar-refractivity contribution is 0.871. The monoisotopic (exact) mass is 268 g/mol. The number of halogens is 1. The van der Waals surface area contributed by atoms with Gasteiger partial charge < -0.3 is 10.6 Å². The number of anilines is 1. The Morgan fingerprint density at radius 3 is 2.88 bits per heavy atom. The molecule has 0 unspecified atom stereocenters. The van der Waals surface area contributed by atoms with E-state index >= 15 is 0 Å². The summed E-state index contributed by atoms with van der Waals surface area (Å²) in [7, 11) is 1.94. The van der Waals surface area contributed by atoms with E-state index in [1.807, 2.05) is 28.9 Å². The van der Waals surface area contributed by atoms with Crippen LogP contribution in [0.4, 0.5) is 5.82 Å². The van der Waals surface area contributed by atoms with Crippen molar-refractivity contribution in [3.05, 3.63) is 39.4 Å². The molecule has 0 radical (unpaired) electrons. The van der Waals surface area contributed by atoms with Gasteiger partial charge in [-0.25, -0.2) is 9.97 Å². The second kappa shape index (κ2) is 5.44. The SMILES string of the molecule is CN(Cc1cscn1)c1ncc(CN)cc1Cl. The predicted octanol–water partition coefficient (Wildman–Crippen LogP) is 2.29. The maximum atomic E-state index is 6.17. The standard InChI is InChI=1S/C11H13ClN4S/c1-16(5-9-6-17-7-15-9)11-10(12)2-8(3-13)4-14-11/h2,4,6-7H,3,5,13H2,1H3. The average molecular weight is 269 g/mol. The quantitative estimate of drug-likeness (QED) is 0.924. The summed E-state index contributed by atoms with van der Waals surface area (Å²) in [6.07, 6.45) is 1.75. The van der Waals surface area contributed by atoms with Gasteiger partial charge in [-0.2, -0.15) is 0 Å². The van der Waals surface area contributed by atoms with Crippen molar-refractivity contribution in [2.24, 2.45) is 5.73 Å². The van der Waals surface area contributed by atoms with E-state index in [0.717, 1.165) is 17.1 Å². The third-order valence-corrected chi connectivity index (χ3v) is 3.27. The summed E-state index contributed by atoms with van der Waals surface area (Å²) < 4.78 is 0. The molecule has 2 heterocycles. The van der Waals surface area contributed by atoms with Gasteiger partial charge in [-0.05, 0) is 11.6 Å². The number of aromatic nitrogens is 2. The van der Waals surface area contributed by atoms with Crippen LogP contribution in [-0.2, 0) is 13.1 Å². The van der Waals surface area contributed by atoms with Crippen molar-refractivity contribution in [3.63, 3.8) is 0 Å². The first-order valence-corrected chi connectivity index (χ1v) is 6.45. The molecule has 0 aliphatic carbocycles. The maximum absolute atomic E-state index is 6.17. The minimum absolute atomic E-state index is 0.447. The van der Waals surface area contributed by atoms with E-state index in [0.29, 0.717) is 18.1 Å². The zero-order chi connectivity index (χ0) is 12.3. The number of rotatable bonds is 4. The van der Waals surface area contributed by atoms with Gasteiger partial charge in [0.05, 0.1) is 22.8 Å². The molecule has 2 N–H and O–H groups in total. The molecule has 0 aliphatic heterocycles. The van der Waals surface area contributed by atoms with E-state index in [9.17, 15) is 0 Å². The third kappa shape index (κ3) is 2.94. The Morgan fingerprint density at radius 1 is 1.47 bits per heavy atom. The number of nitrogens with two attached hydrogens (primary N) is 1. The van der Waals surface area contributed by atoms with E-state index in [-0.39, 0.29) is 0 Å². The minimum atomic E-state index is 0.447. The molecule has 2 aromatic heterocycles. The Balaban J connectivity index is 2.16. The number of hydrogen-bond acceptors (Lipinski definition) is 5. The van der Waals surface area contributed by atoms with Crippen molar-refractivity contribution < 1.29 is 0 Å². The van der Waals surface area contributed by atoms with Crippen LogP contribution in [-0.4, -0.2) is 17.0 Å². The van der Waals surface area contributed by atoms with Gasteiger partial charge in [0.15, 0.2) is 0 Å². The van der Waals surface area contributed by atoms with Crippen molar-refractivity contribution in [3.8, 4) is 0 Å². The molecule has 17 heavy (non-hydrogen) atoms. The molecule has 6 heteroatoms. The normalized spacial score (nSPS) is 10.5. The fourth-order valence-electron chi connectivity index (χ4n) is 1.50. The van der Waals surface area contributed by atoms with Gasteiger partial charge in [-0.1, -0.05) is 11.6 Å². The highest BCUT2D eigenvalue weighted by molar-refractivity contribution is 7.07. The lowest BCUT2D eigenvalue weighted by Crippen LogP contribution is -2.18. The summed E-state index contributed by atoms with van der Waals surface area (Å²) >= 11 is 7.74. The smallest absolute Gasteiger partial charge is 0.147 e. The highest BCUT2D eigenvalue weighted by Gasteiger charge is 2.09. The molecule has 0 saturated heterocycles. The first-order chi connectivity index (χ1) is 8.20. The topological polar surface area (TPSA) is 55.0 Å². The van der Waals surface area contributed by atoms with Crippen molar-refractivity contribution in [1.29, 1.82) is 0 Å². The largest absolute Gasteiger partial charge is 0.353 e. The van der Waals surface area contributed by atoms with Gasteiger partial charge in [-0.15, -0.1) is 11.3 Å². The third-order valence-electron chi connectivity index (χ3n) is 2.36. The molecule has 0 fully saturated rings. The Hall–Kier alpha value is -1.17. The average Bonchev–Trinajstić information content (AvgIpc) is 2.81. The Labute approximate surface area is 109 Å². The highest BCUT2D eigenvalue weighted by atomic mass is 35.5. The molecule has 0 atom stereocenters. The van der Waals surface area contributed by atoms with Crippen LogP contribution >= 0.6 is 22.9 Å². The van der Waals surface area contributed by atoms with E-state index in [1.165, 1.54) is 0 Å². The van der Waals surface area contributed by atoms with Crippen LogP contribution in [0.5, 0.6) is 0 Å². The van der Waals surface area contributed by atoms with Gasteiger partial charge >= 0.3 is 0 Å². The second-order valence-electron chi connectivity index (χ2n) is 3.69. The van der Waals surface area contributed by atoms with Crippen LogP contribution in [0.25, 0.3) is 0 Å². The summed E-state index contributed by atoms with van der Waals surface area (Å²) in [6.45, 7) is 1.14. The van der Waals surface area contributed by atoms with Gasteiger partial charge in [0.1, 0.15) is 5.82 Å². The molecule has 0 bridgehead atoms. The predicted molar refractivity (Wildman–Crippen MR) is 71.4 cm³/mol. The molecule has 2 rings (SSSR count). The van der Waals surface area contributed by atoms with Crippen LogP contribution in [0.2, 0.25) is 5.02 Å². The molecule has 0 saturated carbocycles. The molecule has 0 aliphatic rings. The highest BCUT2D eigenvalue weighted by Crippen LogP contribution is 2.24. The van der Waals surface area contributed by atoms with Crippen LogP contribution in [0.1, 0.15) is 11.3 Å². The molecule has 4 nitrogen and oxygen atoms in total. The van der Waals surface area contributed by atoms with Crippen molar-refractivity contribution >= 4 is 28.8 Å². The summed E-state index contributed by atoms with van der Waals surface area (Å²) in [5, 5.41) is 2.63. The number of thiazole rings is 1. The van der Waals surface area contributed by atoms with Gasteiger partial charge in [0, 0.05) is 25.2 Å². The van der Waals surface area contributed by atoms with Gasteiger partial charge in [0.2, 0.25) is 0 Å². The molecule has 2 aromatic rings. The zero-order valence-electron chi connectivity index (χ0n) is 9.43. The fourth-order valence-corrected chi connectivity index (χ4v) is 2.38. The zero-order valence-corrected chi connectivity index (χ0v) is 11.0.